The largest absolute Gasteiger partial charge is 0.330 e. The maximum Gasteiger partial charge on any atom is 0.190 e. The molecule has 1 N–H and O–H groups in total. The van der Waals surface area contributed by atoms with Gasteiger partial charge in [-0.25, -0.2) is 0 Å². The van der Waals surface area contributed by atoms with Crippen LogP contribution in [0.25, 0.3) is 0 Å². The average molecular weight is 245 g/mol. The van der Waals surface area contributed by atoms with Crippen LogP contribution < -0.4 is 5.09 Å². The van der Waals surface area contributed by atoms with E-state index in [4.69, 9.17) is 16.3 Å². The molecule has 2 rings (SSSR count). The molecule has 14 heavy (non-hydrogen) atoms. The minimum absolute atomic E-state index is 0.796. The van der Waals surface area contributed by atoms with Crippen molar-refractivity contribution in [2.75, 3.05) is 13.2 Å². The van der Waals surface area contributed by atoms with Crippen LogP contribution in [0.3, 0.4) is 0 Å². The molecule has 5 heteroatoms. The summed E-state index contributed by atoms with van der Waals surface area (Å²) in [6.07, 6.45) is 1.06. The van der Waals surface area contributed by atoms with Crippen molar-refractivity contribution < 1.29 is 4.52 Å². The molecular formula is C9H12NOPS2. The summed E-state index contributed by atoms with van der Waals surface area (Å²) in [6, 6.07) is 10.2. The van der Waals surface area contributed by atoms with Crippen molar-refractivity contribution in [3.63, 3.8) is 0 Å². The van der Waals surface area contributed by atoms with Gasteiger partial charge in [-0.3, -0.25) is 5.09 Å². The van der Waals surface area contributed by atoms with Gasteiger partial charge in [0.25, 0.3) is 0 Å². The molecule has 1 aromatic carbocycles. The first-order chi connectivity index (χ1) is 6.79. The Morgan fingerprint density at radius 1 is 1.36 bits per heavy atom. The van der Waals surface area contributed by atoms with Crippen LogP contribution in [0.5, 0.6) is 0 Å². The Morgan fingerprint density at radius 2 is 2.14 bits per heavy atom. The van der Waals surface area contributed by atoms with E-state index in [0.717, 1.165) is 19.6 Å². The van der Waals surface area contributed by atoms with Crippen LogP contribution >= 0.6 is 17.0 Å². The molecule has 1 aromatic rings. The molecule has 0 bridgehead atoms. The lowest BCUT2D eigenvalue weighted by Crippen LogP contribution is -2.19. The van der Waals surface area contributed by atoms with Crippen molar-refractivity contribution in [1.29, 1.82) is 0 Å². The van der Waals surface area contributed by atoms with Crippen LogP contribution in [-0.2, 0) is 16.3 Å². The molecule has 2 nitrogen and oxygen atoms in total. The Kier molecular flexibility index (Phi) is 3.63. The van der Waals surface area contributed by atoms with Crippen LogP contribution in [0.15, 0.2) is 35.2 Å². The van der Waals surface area contributed by atoms with Crippen molar-refractivity contribution >= 4 is 28.8 Å². The van der Waals surface area contributed by atoms with Gasteiger partial charge in [0.2, 0.25) is 0 Å². The van der Waals surface area contributed by atoms with E-state index < -0.39 is 5.62 Å². The van der Waals surface area contributed by atoms with Crippen LogP contribution in [-0.4, -0.2) is 13.2 Å². The molecule has 1 atom stereocenters. The van der Waals surface area contributed by atoms with Gasteiger partial charge in [-0.1, -0.05) is 18.2 Å². The standard InChI is InChI=1S/C9H12NOPS2/c13-12(10-7-4-8-11-12)14-9-5-2-1-3-6-9/h1-3,5-6H,4,7-8H2,(H,10,13)/t12-/m1/s1. The molecule has 1 saturated heterocycles. The van der Waals surface area contributed by atoms with E-state index in [1.807, 2.05) is 18.2 Å². The molecule has 0 amide bonds. The summed E-state index contributed by atoms with van der Waals surface area (Å²) in [5.74, 6) is 0. The van der Waals surface area contributed by atoms with Gasteiger partial charge in [-0.05, 0) is 41.7 Å². The predicted octanol–water partition coefficient (Wildman–Crippen LogP) is 3.01. The second kappa shape index (κ2) is 4.77. The van der Waals surface area contributed by atoms with Crippen LogP contribution in [0.4, 0.5) is 0 Å². The molecule has 1 heterocycles. The number of hydrogen-bond donors (Lipinski definition) is 1. The summed E-state index contributed by atoms with van der Waals surface area (Å²) in [4.78, 5) is 1.19. The summed E-state index contributed by atoms with van der Waals surface area (Å²) in [6.45, 7) is 1.78. The number of nitrogens with one attached hydrogen (secondary N) is 1. The first kappa shape index (κ1) is 10.7. The fourth-order valence-electron chi connectivity index (χ4n) is 1.20. The van der Waals surface area contributed by atoms with Crippen LogP contribution in [0.2, 0.25) is 0 Å². The molecule has 76 valence electrons. The van der Waals surface area contributed by atoms with Gasteiger partial charge in [0.05, 0.1) is 6.61 Å². The molecule has 0 spiro atoms. The predicted molar refractivity (Wildman–Crippen MR) is 65.2 cm³/mol. The van der Waals surface area contributed by atoms with E-state index >= 15 is 0 Å². The molecule has 0 radical (unpaired) electrons. The fourth-order valence-corrected chi connectivity index (χ4v) is 6.08. The zero-order valence-electron chi connectivity index (χ0n) is 7.68. The number of rotatable bonds is 2. The van der Waals surface area contributed by atoms with Crippen molar-refractivity contribution in [2.24, 2.45) is 0 Å². The minimum atomic E-state index is -1.84. The highest BCUT2D eigenvalue weighted by molar-refractivity contribution is 8.68. The van der Waals surface area contributed by atoms with E-state index in [-0.39, 0.29) is 0 Å². The van der Waals surface area contributed by atoms with Crippen molar-refractivity contribution in [1.82, 2.24) is 5.09 Å². The third kappa shape index (κ3) is 2.81. The van der Waals surface area contributed by atoms with E-state index in [2.05, 4.69) is 17.2 Å². The number of benzene rings is 1. The summed E-state index contributed by atoms with van der Waals surface area (Å²) < 4.78 is 5.65. The van der Waals surface area contributed by atoms with Gasteiger partial charge >= 0.3 is 0 Å². The second-order valence-corrected chi connectivity index (χ2v) is 9.55. The lowest BCUT2D eigenvalue weighted by molar-refractivity contribution is 0.324. The van der Waals surface area contributed by atoms with Gasteiger partial charge in [0, 0.05) is 11.4 Å². The normalized spacial score (nSPS) is 27.4. The van der Waals surface area contributed by atoms with E-state index in [9.17, 15) is 0 Å². The zero-order chi connectivity index (χ0) is 9.86. The smallest absolute Gasteiger partial charge is 0.190 e. The van der Waals surface area contributed by atoms with Gasteiger partial charge in [-0.2, -0.15) is 0 Å². The Labute approximate surface area is 93.3 Å². The molecule has 1 fully saturated rings. The lowest BCUT2D eigenvalue weighted by atomic mass is 10.4. The Morgan fingerprint density at radius 3 is 2.79 bits per heavy atom. The van der Waals surface area contributed by atoms with E-state index in [1.54, 1.807) is 11.4 Å². The molecular weight excluding hydrogens is 233 g/mol. The molecule has 0 unspecified atom stereocenters. The first-order valence-corrected chi connectivity index (χ1v) is 8.67. The molecule has 1 aliphatic rings. The highest BCUT2D eigenvalue weighted by Crippen LogP contribution is 2.60. The number of hydrogen-bond acceptors (Lipinski definition) is 3. The highest BCUT2D eigenvalue weighted by Gasteiger charge is 2.22. The summed E-state index contributed by atoms with van der Waals surface area (Å²) >= 11 is 7.14. The topological polar surface area (TPSA) is 21.3 Å². The Balaban J connectivity index is 2.06. The second-order valence-electron chi connectivity index (χ2n) is 3.00. The zero-order valence-corrected chi connectivity index (χ0v) is 10.2. The van der Waals surface area contributed by atoms with Crippen molar-refractivity contribution in [2.45, 2.75) is 11.3 Å². The third-order valence-corrected chi connectivity index (χ3v) is 7.14. The monoisotopic (exact) mass is 245 g/mol. The van der Waals surface area contributed by atoms with Gasteiger partial charge < -0.3 is 4.52 Å². The molecule has 1 aliphatic heterocycles. The quantitative estimate of drug-likeness (QED) is 0.808. The van der Waals surface area contributed by atoms with Crippen LogP contribution in [0, 0.1) is 0 Å². The van der Waals surface area contributed by atoms with Crippen LogP contribution in [0.1, 0.15) is 6.42 Å². The lowest BCUT2D eigenvalue weighted by Gasteiger charge is -2.26. The van der Waals surface area contributed by atoms with E-state index in [0.29, 0.717) is 0 Å². The SMILES string of the molecule is S=[P@@]1(Sc2ccccc2)NCCCO1. The van der Waals surface area contributed by atoms with Gasteiger partial charge in [0.1, 0.15) is 0 Å². The van der Waals surface area contributed by atoms with Gasteiger partial charge in [-0.15, -0.1) is 0 Å². The van der Waals surface area contributed by atoms with E-state index in [1.165, 1.54) is 4.90 Å². The average Bonchev–Trinajstić information content (AvgIpc) is 2.19. The summed E-state index contributed by atoms with van der Waals surface area (Å²) in [7, 11) is 0. The summed E-state index contributed by atoms with van der Waals surface area (Å²) in [5, 5.41) is 3.31. The fraction of sp³-hybridized carbons (Fsp3) is 0.333. The first-order valence-electron chi connectivity index (χ1n) is 4.53. The molecule has 0 aliphatic carbocycles. The van der Waals surface area contributed by atoms with Crippen molar-refractivity contribution in [3.8, 4) is 0 Å². The maximum atomic E-state index is 5.65. The minimum Gasteiger partial charge on any atom is -0.330 e. The third-order valence-electron chi connectivity index (χ3n) is 1.86. The Hall–Kier alpha value is 0.140. The molecule has 0 aromatic heterocycles. The maximum absolute atomic E-state index is 5.65. The van der Waals surface area contributed by atoms with Crippen molar-refractivity contribution in [3.05, 3.63) is 30.3 Å². The highest BCUT2D eigenvalue weighted by atomic mass is 32.9. The Bertz CT molecular complexity index is 334. The molecule has 0 saturated carbocycles. The van der Waals surface area contributed by atoms with Gasteiger partial charge in [0.15, 0.2) is 5.62 Å². The summed E-state index contributed by atoms with van der Waals surface area (Å²) in [5.41, 5.74) is -1.84.